The predicted molar refractivity (Wildman–Crippen MR) is 66.7 cm³/mol. The lowest BCUT2D eigenvalue weighted by molar-refractivity contribution is -0.189. The summed E-state index contributed by atoms with van der Waals surface area (Å²) in [5, 5.41) is 12.3. The quantitative estimate of drug-likeness (QED) is 0.831. The summed E-state index contributed by atoms with van der Waals surface area (Å²) in [6.07, 6.45) is -2.33. The Labute approximate surface area is 114 Å². The molecule has 1 aromatic carbocycles. The SMILES string of the molecule is Oc1c(F)cccc1CNC1CCCCC1C(F)(F)F. The molecule has 0 bridgehead atoms. The first-order valence-electron chi connectivity index (χ1n) is 6.66. The second kappa shape index (κ2) is 5.99. The fourth-order valence-corrected chi connectivity index (χ4v) is 2.71. The number of aromatic hydroxyl groups is 1. The van der Waals surface area contributed by atoms with Crippen LogP contribution in [-0.4, -0.2) is 17.3 Å². The van der Waals surface area contributed by atoms with Gasteiger partial charge in [0.05, 0.1) is 5.92 Å². The monoisotopic (exact) mass is 291 g/mol. The predicted octanol–water partition coefficient (Wildman–Crippen LogP) is 3.74. The van der Waals surface area contributed by atoms with Crippen molar-refractivity contribution in [3.8, 4) is 5.75 Å². The molecule has 0 spiro atoms. The number of benzene rings is 1. The summed E-state index contributed by atoms with van der Waals surface area (Å²) in [4.78, 5) is 0. The van der Waals surface area contributed by atoms with Crippen molar-refractivity contribution in [2.75, 3.05) is 0 Å². The molecule has 112 valence electrons. The molecule has 0 heterocycles. The molecule has 1 aliphatic carbocycles. The molecule has 2 unspecified atom stereocenters. The highest BCUT2D eigenvalue weighted by Crippen LogP contribution is 2.38. The van der Waals surface area contributed by atoms with Crippen LogP contribution in [0.1, 0.15) is 31.2 Å². The fraction of sp³-hybridized carbons (Fsp3) is 0.571. The lowest BCUT2D eigenvalue weighted by Crippen LogP contribution is -2.45. The van der Waals surface area contributed by atoms with Crippen molar-refractivity contribution in [1.29, 1.82) is 0 Å². The molecule has 6 heteroatoms. The van der Waals surface area contributed by atoms with Crippen LogP contribution in [-0.2, 0) is 6.54 Å². The summed E-state index contributed by atoms with van der Waals surface area (Å²) in [5.74, 6) is -2.63. The lowest BCUT2D eigenvalue weighted by Gasteiger charge is -2.33. The Morgan fingerprint density at radius 3 is 2.60 bits per heavy atom. The first kappa shape index (κ1) is 15.1. The highest BCUT2D eigenvalue weighted by atomic mass is 19.4. The Kier molecular flexibility index (Phi) is 4.52. The van der Waals surface area contributed by atoms with E-state index in [0.29, 0.717) is 12.8 Å². The van der Waals surface area contributed by atoms with Crippen LogP contribution < -0.4 is 5.32 Å². The maximum Gasteiger partial charge on any atom is 0.393 e. The molecule has 0 aromatic heterocycles. The van der Waals surface area contributed by atoms with E-state index in [9.17, 15) is 22.7 Å². The zero-order valence-electron chi connectivity index (χ0n) is 10.9. The van der Waals surface area contributed by atoms with Crippen molar-refractivity contribution in [3.05, 3.63) is 29.6 Å². The van der Waals surface area contributed by atoms with Crippen LogP contribution in [0.5, 0.6) is 5.75 Å². The Morgan fingerprint density at radius 2 is 1.90 bits per heavy atom. The van der Waals surface area contributed by atoms with E-state index >= 15 is 0 Å². The van der Waals surface area contributed by atoms with Crippen molar-refractivity contribution in [2.24, 2.45) is 5.92 Å². The second-order valence-electron chi connectivity index (χ2n) is 5.17. The molecule has 0 amide bonds. The maximum atomic E-state index is 13.2. The summed E-state index contributed by atoms with van der Waals surface area (Å²) >= 11 is 0. The van der Waals surface area contributed by atoms with Crippen molar-refractivity contribution >= 4 is 0 Å². The van der Waals surface area contributed by atoms with Gasteiger partial charge in [0.2, 0.25) is 0 Å². The molecule has 1 saturated carbocycles. The van der Waals surface area contributed by atoms with Gasteiger partial charge in [-0.15, -0.1) is 0 Å². The van der Waals surface area contributed by atoms with Gasteiger partial charge in [-0.05, 0) is 18.9 Å². The minimum atomic E-state index is -4.22. The molecule has 0 aliphatic heterocycles. The second-order valence-corrected chi connectivity index (χ2v) is 5.17. The van der Waals surface area contributed by atoms with Gasteiger partial charge >= 0.3 is 6.18 Å². The number of alkyl halides is 3. The van der Waals surface area contributed by atoms with Crippen molar-refractivity contribution < 1.29 is 22.7 Å². The molecular formula is C14H17F4NO. The van der Waals surface area contributed by atoms with Crippen LogP contribution in [0.3, 0.4) is 0 Å². The fourth-order valence-electron chi connectivity index (χ4n) is 2.71. The van der Waals surface area contributed by atoms with Gasteiger partial charge in [-0.3, -0.25) is 0 Å². The third-order valence-corrected chi connectivity index (χ3v) is 3.81. The van der Waals surface area contributed by atoms with Crippen molar-refractivity contribution in [3.63, 3.8) is 0 Å². The highest BCUT2D eigenvalue weighted by molar-refractivity contribution is 5.33. The molecule has 1 aliphatic rings. The first-order valence-corrected chi connectivity index (χ1v) is 6.66. The Bertz CT molecular complexity index is 461. The minimum absolute atomic E-state index is 0.0286. The third-order valence-electron chi connectivity index (χ3n) is 3.81. The van der Waals surface area contributed by atoms with E-state index in [1.54, 1.807) is 0 Å². The number of phenolic OH excluding ortho intramolecular Hbond substituents is 1. The van der Waals surface area contributed by atoms with E-state index in [-0.39, 0.29) is 18.5 Å². The van der Waals surface area contributed by atoms with E-state index in [1.807, 2.05) is 0 Å². The average molecular weight is 291 g/mol. The van der Waals surface area contributed by atoms with E-state index in [4.69, 9.17) is 0 Å². The van der Waals surface area contributed by atoms with Crippen LogP contribution in [0.4, 0.5) is 17.6 Å². The summed E-state index contributed by atoms with van der Waals surface area (Å²) in [6.45, 7) is 0.0286. The Morgan fingerprint density at radius 1 is 1.20 bits per heavy atom. The number of rotatable bonds is 3. The van der Waals surface area contributed by atoms with Crippen molar-refractivity contribution in [1.82, 2.24) is 5.32 Å². The molecular weight excluding hydrogens is 274 g/mol. The molecule has 1 aromatic rings. The summed E-state index contributed by atoms with van der Waals surface area (Å²) in [7, 11) is 0. The van der Waals surface area contributed by atoms with Gasteiger partial charge < -0.3 is 10.4 Å². The molecule has 0 saturated heterocycles. The van der Waals surface area contributed by atoms with Gasteiger partial charge in [0, 0.05) is 18.2 Å². The van der Waals surface area contributed by atoms with E-state index in [2.05, 4.69) is 5.32 Å². The highest BCUT2D eigenvalue weighted by Gasteiger charge is 2.45. The molecule has 2 nitrogen and oxygen atoms in total. The van der Waals surface area contributed by atoms with Crippen LogP contribution in [0, 0.1) is 11.7 Å². The largest absolute Gasteiger partial charge is 0.505 e. The minimum Gasteiger partial charge on any atom is -0.505 e. The van der Waals surface area contributed by atoms with E-state index < -0.39 is 29.7 Å². The number of hydrogen-bond acceptors (Lipinski definition) is 2. The molecule has 2 N–H and O–H groups in total. The molecule has 0 radical (unpaired) electrons. The number of hydrogen-bond donors (Lipinski definition) is 2. The molecule has 1 fully saturated rings. The van der Waals surface area contributed by atoms with E-state index in [0.717, 1.165) is 12.5 Å². The van der Waals surface area contributed by atoms with Crippen molar-refractivity contribution in [2.45, 2.75) is 44.4 Å². The first-order chi connectivity index (χ1) is 9.39. The summed E-state index contributed by atoms with van der Waals surface area (Å²) < 4.78 is 51.9. The molecule has 20 heavy (non-hydrogen) atoms. The van der Waals surface area contributed by atoms with Crippen LogP contribution >= 0.6 is 0 Å². The molecule has 2 rings (SSSR count). The number of halogens is 4. The van der Waals surface area contributed by atoms with Gasteiger partial charge in [0.1, 0.15) is 0 Å². The van der Waals surface area contributed by atoms with Gasteiger partial charge in [-0.2, -0.15) is 13.2 Å². The zero-order valence-corrected chi connectivity index (χ0v) is 10.9. The van der Waals surface area contributed by atoms with Gasteiger partial charge in [-0.25, -0.2) is 4.39 Å². The van der Waals surface area contributed by atoms with E-state index in [1.165, 1.54) is 12.1 Å². The summed E-state index contributed by atoms with van der Waals surface area (Å²) in [5.41, 5.74) is 0.275. The van der Waals surface area contributed by atoms with Crippen LogP contribution in [0.25, 0.3) is 0 Å². The van der Waals surface area contributed by atoms with Crippen LogP contribution in [0.2, 0.25) is 0 Å². The summed E-state index contributed by atoms with van der Waals surface area (Å²) in [6, 6.07) is 3.36. The number of phenols is 1. The zero-order chi connectivity index (χ0) is 14.8. The average Bonchev–Trinajstić information content (AvgIpc) is 2.40. The Hall–Kier alpha value is -1.30. The third kappa shape index (κ3) is 3.42. The standard InChI is InChI=1S/C14H17F4NO/c15-11-6-3-4-9(13(11)20)8-19-12-7-2-1-5-10(12)14(16,17)18/h3-4,6,10,12,19-20H,1-2,5,7-8H2. The normalized spacial score (nSPS) is 23.8. The van der Waals surface area contributed by atoms with Gasteiger partial charge in [0.15, 0.2) is 11.6 Å². The smallest absolute Gasteiger partial charge is 0.393 e. The lowest BCUT2D eigenvalue weighted by atomic mass is 9.84. The topological polar surface area (TPSA) is 32.3 Å². The van der Waals surface area contributed by atoms with Crippen LogP contribution in [0.15, 0.2) is 18.2 Å². The number of para-hydroxylation sites is 1. The molecule has 2 atom stereocenters. The maximum absolute atomic E-state index is 13.2. The number of nitrogens with one attached hydrogen (secondary N) is 1. The van der Waals surface area contributed by atoms with Gasteiger partial charge in [0.25, 0.3) is 0 Å². The Balaban J connectivity index is 2.03. The van der Waals surface area contributed by atoms with Gasteiger partial charge in [-0.1, -0.05) is 25.0 Å².